The van der Waals surface area contributed by atoms with Gasteiger partial charge in [0.15, 0.2) is 16.1 Å². The number of nitrogens with zero attached hydrogens (tertiary/aromatic N) is 5. The van der Waals surface area contributed by atoms with Crippen LogP contribution in [-0.4, -0.2) is 49.4 Å². The molecule has 1 N–H and O–H groups in total. The number of hydrogen-bond acceptors (Lipinski definition) is 7. The van der Waals surface area contributed by atoms with Crippen LogP contribution >= 0.6 is 23.1 Å². The largest absolute Gasteiger partial charge is 0.418 e. The number of amides is 1. The van der Waals surface area contributed by atoms with E-state index in [0.717, 1.165) is 55.9 Å². The van der Waals surface area contributed by atoms with Gasteiger partial charge in [-0.25, -0.2) is 4.98 Å². The summed E-state index contributed by atoms with van der Waals surface area (Å²) in [5, 5.41) is 13.6. The Morgan fingerprint density at radius 1 is 1.18 bits per heavy atom. The van der Waals surface area contributed by atoms with Crippen molar-refractivity contribution in [1.82, 2.24) is 24.6 Å². The van der Waals surface area contributed by atoms with Gasteiger partial charge in [0.1, 0.15) is 0 Å². The van der Waals surface area contributed by atoms with E-state index in [1.165, 1.54) is 28.0 Å². The number of carbonyl (C=O) groups excluding carboxylic acids is 1. The van der Waals surface area contributed by atoms with E-state index < -0.39 is 11.7 Å². The molecule has 0 radical (unpaired) electrons. The molecule has 4 rings (SSSR count). The Bertz CT molecular complexity index is 1110. The Labute approximate surface area is 197 Å². The third-order valence-electron chi connectivity index (χ3n) is 5.16. The minimum absolute atomic E-state index is 0.0331. The zero-order valence-corrected chi connectivity index (χ0v) is 19.6. The molecular formula is C21H23F3N6OS2. The summed E-state index contributed by atoms with van der Waals surface area (Å²) < 4.78 is 42.8. The zero-order valence-electron chi connectivity index (χ0n) is 17.9. The van der Waals surface area contributed by atoms with Gasteiger partial charge in [0.05, 0.1) is 29.2 Å². The number of hydrogen-bond donors (Lipinski definition) is 1. The Balaban J connectivity index is 1.61. The Morgan fingerprint density at radius 2 is 1.94 bits per heavy atom. The van der Waals surface area contributed by atoms with E-state index in [-0.39, 0.29) is 22.5 Å². The average Bonchev–Trinajstić information content (AvgIpc) is 3.38. The molecule has 1 aromatic carbocycles. The van der Waals surface area contributed by atoms with Gasteiger partial charge < -0.3 is 5.32 Å². The van der Waals surface area contributed by atoms with Gasteiger partial charge >= 0.3 is 6.18 Å². The van der Waals surface area contributed by atoms with Crippen molar-refractivity contribution >= 4 is 34.1 Å². The number of alkyl halides is 3. The van der Waals surface area contributed by atoms with Crippen molar-refractivity contribution in [3.8, 4) is 5.69 Å². The highest BCUT2D eigenvalue weighted by Gasteiger charge is 2.35. The minimum Gasteiger partial charge on any atom is -0.301 e. The van der Waals surface area contributed by atoms with Crippen LogP contribution in [0.5, 0.6) is 0 Å². The second-order valence-corrected chi connectivity index (χ2v) is 9.52. The molecule has 0 saturated carbocycles. The fourth-order valence-corrected chi connectivity index (χ4v) is 5.13. The molecule has 7 nitrogen and oxygen atoms in total. The second-order valence-electron chi connectivity index (χ2n) is 7.72. The van der Waals surface area contributed by atoms with Crippen LogP contribution in [0.2, 0.25) is 0 Å². The Kier molecular flexibility index (Phi) is 7.35. The van der Waals surface area contributed by atoms with Crippen LogP contribution < -0.4 is 5.32 Å². The predicted octanol–water partition coefficient (Wildman–Crippen LogP) is 4.77. The summed E-state index contributed by atoms with van der Waals surface area (Å²) >= 11 is 2.36. The van der Waals surface area contributed by atoms with Crippen LogP contribution in [0.15, 0.2) is 34.8 Å². The lowest BCUT2D eigenvalue weighted by Gasteiger charge is -2.26. The molecule has 0 unspecified atom stereocenters. The molecular weight excluding hydrogens is 473 g/mol. The highest BCUT2D eigenvalue weighted by molar-refractivity contribution is 7.99. The van der Waals surface area contributed by atoms with Gasteiger partial charge in [-0.15, -0.1) is 21.5 Å². The fourth-order valence-electron chi connectivity index (χ4n) is 3.66. The number of thioether (sulfide) groups is 1. The van der Waals surface area contributed by atoms with Crippen LogP contribution in [0.3, 0.4) is 0 Å². The van der Waals surface area contributed by atoms with Crippen molar-refractivity contribution in [2.75, 3.05) is 24.2 Å². The molecule has 3 aromatic rings. The number of piperidine rings is 1. The fraction of sp³-hybridized carbons (Fsp3) is 0.429. The Morgan fingerprint density at radius 3 is 2.64 bits per heavy atom. The van der Waals surface area contributed by atoms with E-state index in [0.29, 0.717) is 17.5 Å². The standard InChI is InChI=1S/C21H23F3N6OS2/c1-14-12-32-19(25-14)26-18(31)13-33-20-28-27-17(11-29-9-5-2-6-10-29)30(20)16-8-4-3-7-15(16)21(22,23)24/h3-4,7-8,12H,2,5-6,9-11,13H2,1H3,(H,25,26,31). The molecule has 1 aliphatic rings. The smallest absolute Gasteiger partial charge is 0.301 e. The first-order valence-electron chi connectivity index (χ1n) is 10.5. The molecule has 1 fully saturated rings. The monoisotopic (exact) mass is 496 g/mol. The van der Waals surface area contributed by atoms with Gasteiger partial charge in [-0.2, -0.15) is 13.2 Å². The highest BCUT2D eigenvalue weighted by atomic mass is 32.2. The van der Waals surface area contributed by atoms with E-state index in [1.54, 1.807) is 6.07 Å². The number of carbonyl (C=O) groups is 1. The maximum Gasteiger partial charge on any atom is 0.418 e. The maximum atomic E-state index is 13.8. The molecule has 1 saturated heterocycles. The molecule has 2 aromatic heterocycles. The van der Waals surface area contributed by atoms with Crippen LogP contribution in [0.1, 0.15) is 36.3 Å². The highest BCUT2D eigenvalue weighted by Crippen LogP contribution is 2.36. The van der Waals surface area contributed by atoms with Gasteiger partial charge in [-0.3, -0.25) is 14.3 Å². The van der Waals surface area contributed by atoms with E-state index in [9.17, 15) is 18.0 Å². The number of aryl methyl sites for hydroxylation is 1. The minimum atomic E-state index is -4.54. The lowest BCUT2D eigenvalue weighted by molar-refractivity contribution is -0.137. The molecule has 33 heavy (non-hydrogen) atoms. The first kappa shape index (κ1) is 23.7. The van der Waals surface area contributed by atoms with Gasteiger partial charge in [0.25, 0.3) is 0 Å². The van der Waals surface area contributed by atoms with Crippen molar-refractivity contribution in [1.29, 1.82) is 0 Å². The molecule has 1 aliphatic heterocycles. The number of nitrogens with one attached hydrogen (secondary N) is 1. The van der Waals surface area contributed by atoms with Crippen LogP contribution in [0.25, 0.3) is 5.69 Å². The lowest BCUT2D eigenvalue weighted by atomic mass is 10.1. The topological polar surface area (TPSA) is 75.9 Å². The van der Waals surface area contributed by atoms with E-state index in [1.807, 2.05) is 12.3 Å². The molecule has 12 heteroatoms. The third kappa shape index (κ3) is 5.92. The summed E-state index contributed by atoms with van der Waals surface area (Å²) in [5.74, 6) is 0.0759. The predicted molar refractivity (Wildman–Crippen MR) is 122 cm³/mol. The van der Waals surface area contributed by atoms with E-state index in [4.69, 9.17) is 0 Å². The number of anilines is 1. The number of aromatic nitrogens is 4. The summed E-state index contributed by atoms with van der Waals surface area (Å²) in [5.41, 5.74) is -0.0106. The van der Waals surface area contributed by atoms with Crippen molar-refractivity contribution < 1.29 is 18.0 Å². The van der Waals surface area contributed by atoms with Crippen molar-refractivity contribution in [3.63, 3.8) is 0 Å². The second kappa shape index (κ2) is 10.2. The molecule has 0 aliphatic carbocycles. The van der Waals surface area contributed by atoms with Crippen LogP contribution in [0.4, 0.5) is 18.3 Å². The third-order valence-corrected chi connectivity index (χ3v) is 6.97. The van der Waals surface area contributed by atoms with Gasteiger partial charge in [0, 0.05) is 5.38 Å². The molecule has 1 amide bonds. The quantitative estimate of drug-likeness (QED) is 0.475. The van der Waals surface area contributed by atoms with Gasteiger partial charge in [-0.05, 0) is 45.0 Å². The first-order chi connectivity index (χ1) is 15.8. The van der Waals surface area contributed by atoms with Gasteiger partial charge in [-0.1, -0.05) is 30.3 Å². The summed E-state index contributed by atoms with van der Waals surface area (Å²) in [4.78, 5) is 18.7. The summed E-state index contributed by atoms with van der Waals surface area (Å²) in [6, 6.07) is 5.37. The summed E-state index contributed by atoms with van der Waals surface area (Å²) in [6.07, 6.45) is -1.29. The summed E-state index contributed by atoms with van der Waals surface area (Å²) in [6.45, 7) is 3.95. The van der Waals surface area contributed by atoms with Crippen molar-refractivity contribution in [3.05, 3.63) is 46.7 Å². The van der Waals surface area contributed by atoms with E-state index >= 15 is 0 Å². The molecule has 0 bridgehead atoms. The normalized spacial score (nSPS) is 15.0. The lowest BCUT2D eigenvalue weighted by Crippen LogP contribution is -2.30. The van der Waals surface area contributed by atoms with Crippen LogP contribution in [0, 0.1) is 6.92 Å². The number of likely N-dealkylation sites (tertiary alicyclic amines) is 1. The molecule has 0 spiro atoms. The molecule has 3 heterocycles. The number of para-hydroxylation sites is 1. The number of halogens is 3. The maximum absolute atomic E-state index is 13.8. The first-order valence-corrected chi connectivity index (χ1v) is 12.4. The number of rotatable bonds is 7. The number of benzene rings is 1. The SMILES string of the molecule is Cc1csc(NC(=O)CSc2nnc(CN3CCCCC3)n2-c2ccccc2C(F)(F)F)n1. The number of thiazole rings is 1. The summed E-state index contributed by atoms with van der Waals surface area (Å²) in [7, 11) is 0. The Hall–Kier alpha value is -2.44. The molecule has 176 valence electrons. The zero-order chi connectivity index (χ0) is 23.4. The van der Waals surface area contributed by atoms with Crippen molar-refractivity contribution in [2.24, 2.45) is 0 Å². The van der Waals surface area contributed by atoms with Crippen molar-refractivity contribution in [2.45, 2.75) is 44.1 Å². The van der Waals surface area contributed by atoms with Gasteiger partial charge in [0.2, 0.25) is 5.91 Å². The van der Waals surface area contributed by atoms with Crippen LogP contribution in [-0.2, 0) is 17.5 Å². The average molecular weight is 497 g/mol. The molecule has 0 atom stereocenters. The van der Waals surface area contributed by atoms with E-state index in [2.05, 4.69) is 25.4 Å².